The molecule has 4 atom stereocenters. The van der Waals surface area contributed by atoms with Crippen LogP contribution in [0, 0.1) is 11.8 Å². The van der Waals surface area contributed by atoms with Crippen LogP contribution < -0.4 is 5.32 Å². The van der Waals surface area contributed by atoms with Gasteiger partial charge in [0, 0.05) is 25.2 Å². The maximum atomic E-state index is 3.62. The first-order valence-corrected chi connectivity index (χ1v) is 7.05. The molecule has 1 N–H and O–H groups in total. The minimum absolute atomic E-state index is 0.655. The van der Waals surface area contributed by atoms with Crippen molar-refractivity contribution in [1.29, 1.82) is 0 Å². The third-order valence-electron chi connectivity index (χ3n) is 3.96. The molecule has 96 valence electrons. The van der Waals surface area contributed by atoms with Crippen LogP contribution in [0.15, 0.2) is 0 Å². The Labute approximate surface area is 102 Å². The molecule has 1 fully saturated rings. The molecule has 0 aromatic carbocycles. The number of nitrogens with zero attached hydrogens (tertiary/aromatic N) is 1. The van der Waals surface area contributed by atoms with Crippen molar-refractivity contribution >= 4 is 0 Å². The molecular formula is C14H30N2. The molecule has 1 aliphatic rings. The van der Waals surface area contributed by atoms with Crippen molar-refractivity contribution in [3.05, 3.63) is 0 Å². The number of likely N-dealkylation sites (tertiary alicyclic amines) is 1. The fourth-order valence-corrected chi connectivity index (χ4v) is 3.22. The highest BCUT2D eigenvalue weighted by molar-refractivity contribution is 4.85. The molecule has 1 saturated heterocycles. The molecule has 1 aliphatic heterocycles. The smallest absolute Gasteiger partial charge is 0.0221 e. The molecule has 0 aromatic heterocycles. The second-order valence-corrected chi connectivity index (χ2v) is 5.71. The van der Waals surface area contributed by atoms with Gasteiger partial charge in [0.2, 0.25) is 0 Å². The third-order valence-corrected chi connectivity index (χ3v) is 3.96. The molecule has 2 nitrogen and oxygen atoms in total. The van der Waals surface area contributed by atoms with Gasteiger partial charge in [-0.15, -0.1) is 0 Å². The van der Waals surface area contributed by atoms with E-state index in [9.17, 15) is 0 Å². The van der Waals surface area contributed by atoms with Crippen LogP contribution in [0.2, 0.25) is 0 Å². The van der Waals surface area contributed by atoms with E-state index in [1.807, 2.05) is 0 Å². The lowest BCUT2D eigenvalue weighted by molar-refractivity contribution is 0.0828. The highest BCUT2D eigenvalue weighted by atomic mass is 15.2. The summed E-state index contributed by atoms with van der Waals surface area (Å²) in [5.41, 5.74) is 0. The Kier molecular flexibility index (Phi) is 5.77. The van der Waals surface area contributed by atoms with Gasteiger partial charge in [-0.05, 0) is 38.1 Å². The van der Waals surface area contributed by atoms with E-state index >= 15 is 0 Å². The molecule has 0 amide bonds. The number of piperidine rings is 1. The van der Waals surface area contributed by atoms with Crippen LogP contribution in [0.3, 0.4) is 0 Å². The summed E-state index contributed by atoms with van der Waals surface area (Å²) in [4.78, 5) is 2.69. The number of likely N-dealkylation sites (N-methyl/N-ethyl adjacent to an activating group) is 1. The SMILES string of the molecule is CCNC(CC)C(C)N1CC(C)CC(C)C1. The van der Waals surface area contributed by atoms with Crippen molar-refractivity contribution in [2.75, 3.05) is 19.6 Å². The normalized spacial score (nSPS) is 31.3. The minimum atomic E-state index is 0.655. The summed E-state index contributed by atoms with van der Waals surface area (Å²) in [5, 5.41) is 3.62. The van der Waals surface area contributed by atoms with E-state index in [0.29, 0.717) is 12.1 Å². The van der Waals surface area contributed by atoms with Gasteiger partial charge in [-0.3, -0.25) is 4.90 Å². The average molecular weight is 226 g/mol. The van der Waals surface area contributed by atoms with E-state index in [1.165, 1.54) is 25.9 Å². The van der Waals surface area contributed by atoms with E-state index in [0.717, 1.165) is 18.4 Å². The number of hydrogen-bond donors (Lipinski definition) is 1. The van der Waals surface area contributed by atoms with Gasteiger partial charge in [0.05, 0.1) is 0 Å². The Morgan fingerprint density at radius 3 is 2.19 bits per heavy atom. The van der Waals surface area contributed by atoms with E-state index in [1.54, 1.807) is 0 Å². The number of nitrogens with one attached hydrogen (secondary N) is 1. The summed E-state index contributed by atoms with van der Waals surface area (Å²) in [6.07, 6.45) is 2.63. The zero-order valence-corrected chi connectivity index (χ0v) is 11.8. The maximum Gasteiger partial charge on any atom is 0.0221 e. The summed E-state index contributed by atoms with van der Waals surface area (Å²) >= 11 is 0. The fraction of sp³-hybridized carbons (Fsp3) is 1.00. The molecule has 1 heterocycles. The summed E-state index contributed by atoms with van der Waals surface area (Å²) in [6.45, 7) is 15.3. The van der Waals surface area contributed by atoms with Gasteiger partial charge in [-0.25, -0.2) is 0 Å². The first kappa shape index (κ1) is 14.0. The van der Waals surface area contributed by atoms with Crippen molar-refractivity contribution in [3.8, 4) is 0 Å². The summed E-state index contributed by atoms with van der Waals surface area (Å²) < 4.78 is 0. The topological polar surface area (TPSA) is 15.3 Å². The van der Waals surface area contributed by atoms with Gasteiger partial charge in [0.15, 0.2) is 0 Å². The summed E-state index contributed by atoms with van der Waals surface area (Å²) in [6, 6.07) is 1.33. The summed E-state index contributed by atoms with van der Waals surface area (Å²) in [7, 11) is 0. The zero-order chi connectivity index (χ0) is 12.1. The molecule has 0 aliphatic carbocycles. The van der Waals surface area contributed by atoms with Crippen LogP contribution >= 0.6 is 0 Å². The number of hydrogen-bond acceptors (Lipinski definition) is 2. The van der Waals surface area contributed by atoms with E-state index in [-0.39, 0.29) is 0 Å². The standard InChI is InChI=1S/C14H30N2/c1-6-14(15-7-2)13(5)16-9-11(3)8-12(4)10-16/h11-15H,6-10H2,1-5H3. The van der Waals surface area contributed by atoms with Gasteiger partial charge < -0.3 is 5.32 Å². The van der Waals surface area contributed by atoms with Crippen molar-refractivity contribution < 1.29 is 0 Å². The minimum Gasteiger partial charge on any atom is -0.313 e. The molecular weight excluding hydrogens is 196 g/mol. The lowest BCUT2D eigenvalue weighted by Gasteiger charge is -2.41. The lowest BCUT2D eigenvalue weighted by Crippen LogP contribution is -2.52. The van der Waals surface area contributed by atoms with E-state index < -0.39 is 0 Å². The maximum absolute atomic E-state index is 3.62. The Morgan fingerprint density at radius 1 is 1.19 bits per heavy atom. The highest BCUT2D eigenvalue weighted by Gasteiger charge is 2.28. The van der Waals surface area contributed by atoms with Gasteiger partial charge in [0.25, 0.3) is 0 Å². The van der Waals surface area contributed by atoms with Crippen molar-refractivity contribution in [3.63, 3.8) is 0 Å². The van der Waals surface area contributed by atoms with Crippen LogP contribution in [0.1, 0.15) is 47.5 Å². The fourth-order valence-electron chi connectivity index (χ4n) is 3.22. The Morgan fingerprint density at radius 2 is 1.75 bits per heavy atom. The quantitative estimate of drug-likeness (QED) is 0.775. The van der Waals surface area contributed by atoms with Gasteiger partial charge in [-0.1, -0.05) is 27.7 Å². The first-order valence-electron chi connectivity index (χ1n) is 7.05. The van der Waals surface area contributed by atoms with Crippen LogP contribution in [0.5, 0.6) is 0 Å². The van der Waals surface area contributed by atoms with Gasteiger partial charge in [-0.2, -0.15) is 0 Å². The van der Waals surface area contributed by atoms with Crippen molar-refractivity contribution in [1.82, 2.24) is 10.2 Å². The van der Waals surface area contributed by atoms with Crippen LogP contribution in [0.4, 0.5) is 0 Å². The van der Waals surface area contributed by atoms with Crippen molar-refractivity contribution in [2.24, 2.45) is 11.8 Å². The van der Waals surface area contributed by atoms with E-state index in [4.69, 9.17) is 0 Å². The molecule has 2 heteroatoms. The second kappa shape index (κ2) is 6.61. The predicted molar refractivity (Wildman–Crippen MR) is 71.7 cm³/mol. The molecule has 16 heavy (non-hydrogen) atoms. The Balaban J connectivity index is 2.53. The van der Waals surface area contributed by atoms with Crippen LogP contribution in [0.25, 0.3) is 0 Å². The van der Waals surface area contributed by atoms with Gasteiger partial charge in [0.1, 0.15) is 0 Å². The lowest BCUT2D eigenvalue weighted by atomic mass is 9.90. The highest BCUT2D eigenvalue weighted by Crippen LogP contribution is 2.23. The molecule has 0 spiro atoms. The van der Waals surface area contributed by atoms with Crippen LogP contribution in [-0.4, -0.2) is 36.6 Å². The molecule has 0 radical (unpaired) electrons. The zero-order valence-electron chi connectivity index (χ0n) is 11.8. The monoisotopic (exact) mass is 226 g/mol. The molecule has 0 bridgehead atoms. The molecule has 1 rings (SSSR count). The number of rotatable bonds is 5. The Hall–Kier alpha value is -0.0800. The largest absolute Gasteiger partial charge is 0.313 e. The predicted octanol–water partition coefficient (Wildman–Crippen LogP) is 2.74. The van der Waals surface area contributed by atoms with Crippen LogP contribution in [-0.2, 0) is 0 Å². The summed E-state index contributed by atoms with van der Waals surface area (Å²) in [5.74, 6) is 1.73. The Bertz CT molecular complexity index is 183. The van der Waals surface area contributed by atoms with Crippen molar-refractivity contribution in [2.45, 2.75) is 59.5 Å². The third kappa shape index (κ3) is 3.74. The molecule has 0 saturated carbocycles. The first-order chi connectivity index (χ1) is 7.58. The molecule has 0 aromatic rings. The molecule has 4 unspecified atom stereocenters. The second-order valence-electron chi connectivity index (χ2n) is 5.71. The van der Waals surface area contributed by atoms with E-state index in [2.05, 4.69) is 44.8 Å². The van der Waals surface area contributed by atoms with Gasteiger partial charge >= 0.3 is 0 Å². The average Bonchev–Trinajstić information content (AvgIpc) is 2.23.